The maximum Gasteiger partial charge on any atom is 0.337 e. The van der Waals surface area contributed by atoms with Crippen LogP contribution in [0.1, 0.15) is 77.0 Å². The predicted molar refractivity (Wildman–Crippen MR) is 159 cm³/mol. The first kappa shape index (κ1) is 28.7. The standard InChI is InChI=1S/C34H39NO6/c1-19-17-22(10-12-27(19)39-7)32(36)35-15-14-25-26(35)18-20(2)29(31(33(37)38)41-34(4,5)6)30(25)24-11-13-28-23(21(24)3)9-8-16-40-28/h10-13,17-18,31H,8-9,14-16H2,1-7H3,(H,37,38)/t31-/m0/s1. The van der Waals surface area contributed by atoms with Crippen molar-refractivity contribution >= 4 is 17.6 Å². The fourth-order valence-corrected chi connectivity index (χ4v) is 6.19. The molecule has 0 unspecified atom stereocenters. The molecule has 1 atom stereocenters. The lowest BCUT2D eigenvalue weighted by atomic mass is 9.83. The molecule has 216 valence electrons. The monoisotopic (exact) mass is 557 g/mol. The molecule has 0 spiro atoms. The van der Waals surface area contributed by atoms with Gasteiger partial charge in [-0.05, 0) is 130 Å². The van der Waals surface area contributed by atoms with Crippen LogP contribution in [0.25, 0.3) is 11.1 Å². The van der Waals surface area contributed by atoms with Crippen molar-refractivity contribution in [3.8, 4) is 22.6 Å². The third-order valence-electron chi connectivity index (χ3n) is 8.03. The maximum atomic E-state index is 13.8. The highest BCUT2D eigenvalue weighted by Gasteiger charge is 2.37. The second-order valence-electron chi connectivity index (χ2n) is 12.0. The van der Waals surface area contributed by atoms with E-state index in [-0.39, 0.29) is 5.91 Å². The van der Waals surface area contributed by atoms with Gasteiger partial charge < -0.3 is 24.2 Å². The number of hydrogen-bond donors (Lipinski definition) is 1. The Balaban J connectivity index is 1.72. The quantitative estimate of drug-likeness (QED) is 0.361. The Morgan fingerprint density at radius 2 is 1.76 bits per heavy atom. The first-order valence-corrected chi connectivity index (χ1v) is 14.2. The zero-order valence-corrected chi connectivity index (χ0v) is 25.0. The number of amides is 1. The highest BCUT2D eigenvalue weighted by Crippen LogP contribution is 2.47. The molecule has 0 saturated carbocycles. The summed E-state index contributed by atoms with van der Waals surface area (Å²) >= 11 is 0. The van der Waals surface area contributed by atoms with Crippen LogP contribution in [0.2, 0.25) is 0 Å². The molecule has 0 aliphatic carbocycles. The number of carbonyl (C=O) groups is 2. The number of carbonyl (C=O) groups excluding carboxylic acids is 1. The van der Waals surface area contributed by atoms with Gasteiger partial charge in [0.15, 0.2) is 6.10 Å². The van der Waals surface area contributed by atoms with Crippen LogP contribution in [-0.2, 0) is 22.4 Å². The lowest BCUT2D eigenvalue weighted by molar-refractivity contribution is -0.160. The summed E-state index contributed by atoms with van der Waals surface area (Å²) in [4.78, 5) is 28.4. The summed E-state index contributed by atoms with van der Waals surface area (Å²) in [5, 5.41) is 10.4. The van der Waals surface area contributed by atoms with Crippen molar-refractivity contribution in [3.05, 3.63) is 75.3 Å². The summed E-state index contributed by atoms with van der Waals surface area (Å²) in [7, 11) is 1.62. The molecule has 0 saturated heterocycles. The average Bonchev–Trinajstić information content (AvgIpc) is 3.34. The molecule has 0 aromatic heterocycles. The normalized spacial score (nSPS) is 15.1. The second kappa shape index (κ2) is 10.9. The van der Waals surface area contributed by atoms with E-state index in [0.717, 1.165) is 69.0 Å². The summed E-state index contributed by atoms with van der Waals surface area (Å²) in [5.41, 5.74) is 8.02. The lowest BCUT2D eigenvalue weighted by Gasteiger charge is -2.30. The van der Waals surface area contributed by atoms with Crippen molar-refractivity contribution in [2.75, 3.05) is 25.2 Å². The molecule has 2 aliphatic rings. The number of hydrogen-bond acceptors (Lipinski definition) is 5. The highest BCUT2D eigenvalue weighted by atomic mass is 16.5. The summed E-state index contributed by atoms with van der Waals surface area (Å²) in [5.74, 6) is 0.485. The van der Waals surface area contributed by atoms with E-state index >= 15 is 0 Å². The number of carboxylic acids is 1. The molecule has 0 radical (unpaired) electrons. The number of aliphatic carboxylic acids is 1. The molecular formula is C34H39NO6. The molecule has 1 N–H and O–H groups in total. The molecule has 0 bridgehead atoms. The van der Waals surface area contributed by atoms with Crippen LogP contribution in [0, 0.1) is 20.8 Å². The van der Waals surface area contributed by atoms with Crippen molar-refractivity contribution in [2.24, 2.45) is 0 Å². The molecule has 2 aliphatic heterocycles. The third-order valence-corrected chi connectivity index (χ3v) is 8.03. The SMILES string of the molecule is COc1ccc(C(=O)N2CCc3c2cc(C)c([C@H](OC(C)(C)C)C(=O)O)c3-c2ccc3c(c2C)CCCO3)cc1C. The van der Waals surface area contributed by atoms with Crippen molar-refractivity contribution in [1.82, 2.24) is 0 Å². The number of nitrogens with zero attached hydrogens (tertiary/aromatic N) is 1. The largest absolute Gasteiger partial charge is 0.496 e. The smallest absolute Gasteiger partial charge is 0.337 e. The van der Waals surface area contributed by atoms with Crippen molar-refractivity contribution in [3.63, 3.8) is 0 Å². The van der Waals surface area contributed by atoms with E-state index in [1.807, 2.05) is 69.9 Å². The number of rotatable bonds is 6. The average molecular weight is 558 g/mol. The zero-order chi connectivity index (χ0) is 29.6. The van der Waals surface area contributed by atoms with E-state index in [0.29, 0.717) is 30.7 Å². The number of fused-ring (bicyclic) bond motifs is 2. The molecule has 3 aromatic carbocycles. The van der Waals surface area contributed by atoms with E-state index in [1.54, 1.807) is 13.2 Å². The van der Waals surface area contributed by atoms with Gasteiger partial charge in [-0.15, -0.1) is 0 Å². The van der Waals surface area contributed by atoms with Gasteiger partial charge in [0.25, 0.3) is 5.91 Å². The van der Waals surface area contributed by atoms with E-state index in [9.17, 15) is 14.7 Å². The van der Waals surface area contributed by atoms with Crippen molar-refractivity contribution in [1.29, 1.82) is 0 Å². The van der Waals surface area contributed by atoms with Gasteiger partial charge in [-0.2, -0.15) is 0 Å². The van der Waals surface area contributed by atoms with Gasteiger partial charge in [-0.1, -0.05) is 6.07 Å². The van der Waals surface area contributed by atoms with Crippen LogP contribution in [0.3, 0.4) is 0 Å². The number of carboxylic acid groups (broad SMARTS) is 1. The Hall–Kier alpha value is -3.84. The predicted octanol–water partition coefficient (Wildman–Crippen LogP) is 6.76. The molecular weight excluding hydrogens is 518 g/mol. The first-order chi connectivity index (χ1) is 19.4. The summed E-state index contributed by atoms with van der Waals surface area (Å²) < 4.78 is 17.5. The molecule has 3 aromatic rings. The van der Waals surface area contributed by atoms with Crippen LogP contribution >= 0.6 is 0 Å². The minimum atomic E-state index is -1.17. The van der Waals surface area contributed by atoms with Crippen LogP contribution in [-0.4, -0.2) is 42.8 Å². The fraction of sp³-hybridized carbons (Fsp3) is 0.412. The number of ether oxygens (including phenoxy) is 3. The van der Waals surface area contributed by atoms with E-state index < -0.39 is 17.7 Å². The van der Waals surface area contributed by atoms with E-state index in [4.69, 9.17) is 14.2 Å². The van der Waals surface area contributed by atoms with Gasteiger partial charge >= 0.3 is 5.97 Å². The zero-order valence-electron chi connectivity index (χ0n) is 25.0. The van der Waals surface area contributed by atoms with Crippen molar-refractivity contribution < 1.29 is 28.9 Å². The summed E-state index contributed by atoms with van der Waals surface area (Å²) in [6.07, 6.45) is 1.27. The summed E-state index contributed by atoms with van der Waals surface area (Å²) in [6.45, 7) is 12.7. The molecule has 7 heteroatoms. The first-order valence-electron chi connectivity index (χ1n) is 14.2. The molecule has 0 fully saturated rings. The minimum Gasteiger partial charge on any atom is -0.496 e. The molecule has 41 heavy (non-hydrogen) atoms. The Labute approximate surface area is 242 Å². The Kier molecular flexibility index (Phi) is 7.60. The topological polar surface area (TPSA) is 85.3 Å². The lowest BCUT2D eigenvalue weighted by Crippen LogP contribution is -2.29. The molecule has 2 heterocycles. The third kappa shape index (κ3) is 5.31. The Morgan fingerprint density at radius 3 is 2.41 bits per heavy atom. The Morgan fingerprint density at radius 1 is 1.00 bits per heavy atom. The fourth-order valence-electron chi connectivity index (χ4n) is 6.19. The van der Waals surface area contributed by atoms with Gasteiger partial charge in [0.2, 0.25) is 0 Å². The number of aryl methyl sites for hydroxylation is 2. The van der Waals surface area contributed by atoms with Gasteiger partial charge in [0.05, 0.1) is 19.3 Å². The summed E-state index contributed by atoms with van der Waals surface area (Å²) in [6, 6.07) is 11.4. The van der Waals surface area contributed by atoms with Gasteiger partial charge in [-0.3, -0.25) is 4.79 Å². The maximum absolute atomic E-state index is 13.8. The minimum absolute atomic E-state index is 0.0936. The van der Waals surface area contributed by atoms with Crippen LogP contribution < -0.4 is 14.4 Å². The van der Waals surface area contributed by atoms with Crippen LogP contribution in [0.5, 0.6) is 11.5 Å². The number of methoxy groups -OCH3 is 1. The second-order valence-corrected chi connectivity index (χ2v) is 12.0. The van der Waals surface area contributed by atoms with Crippen molar-refractivity contribution in [2.45, 2.75) is 72.5 Å². The highest BCUT2D eigenvalue weighted by molar-refractivity contribution is 6.08. The van der Waals surface area contributed by atoms with Crippen LogP contribution in [0.4, 0.5) is 5.69 Å². The molecule has 1 amide bonds. The van der Waals surface area contributed by atoms with Gasteiger partial charge in [0, 0.05) is 23.4 Å². The molecule has 7 nitrogen and oxygen atoms in total. The van der Waals surface area contributed by atoms with Crippen LogP contribution in [0.15, 0.2) is 36.4 Å². The molecule has 5 rings (SSSR count). The number of anilines is 1. The van der Waals surface area contributed by atoms with Gasteiger partial charge in [-0.25, -0.2) is 4.79 Å². The Bertz CT molecular complexity index is 1530. The number of benzene rings is 3. The van der Waals surface area contributed by atoms with Gasteiger partial charge in [0.1, 0.15) is 11.5 Å². The van der Waals surface area contributed by atoms with E-state index in [2.05, 4.69) is 6.92 Å². The van der Waals surface area contributed by atoms with E-state index in [1.165, 1.54) is 0 Å².